The van der Waals surface area contributed by atoms with Gasteiger partial charge in [-0.2, -0.15) is 0 Å². The molecule has 1 rings (SSSR count). The molecule has 0 aliphatic rings. The zero-order valence-electron chi connectivity index (χ0n) is 10.6. The van der Waals surface area contributed by atoms with Gasteiger partial charge in [-0.3, -0.25) is 4.79 Å². The average Bonchev–Trinajstić information content (AvgIpc) is 2.28. The van der Waals surface area contributed by atoms with Crippen LogP contribution in [0.5, 0.6) is 0 Å². The first-order valence-corrected chi connectivity index (χ1v) is 5.31. The summed E-state index contributed by atoms with van der Waals surface area (Å²) in [4.78, 5) is 11.8. The number of hydrogen-bond acceptors (Lipinski definition) is 5. The summed E-state index contributed by atoms with van der Waals surface area (Å²) < 4.78 is 5.02. The number of carbonyl (C=O) groups excluding carboxylic acids is 1. The van der Waals surface area contributed by atoms with Crippen LogP contribution in [0, 0.1) is 0 Å². The number of nitrogens with zero attached hydrogens (tertiary/aromatic N) is 2. The molecule has 0 unspecified atom stereocenters. The third-order valence-electron chi connectivity index (χ3n) is 2.11. The molecule has 1 amide bonds. The van der Waals surface area contributed by atoms with Gasteiger partial charge >= 0.3 is 0 Å². The predicted molar refractivity (Wildman–Crippen MR) is 65.0 cm³/mol. The molecule has 0 saturated carbocycles. The van der Waals surface area contributed by atoms with Crippen LogP contribution in [0.3, 0.4) is 0 Å². The second kappa shape index (κ2) is 5.58. The molecule has 0 bridgehead atoms. The van der Waals surface area contributed by atoms with Crippen LogP contribution in [0.25, 0.3) is 0 Å². The summed E-state index contributed by atoms with van der Waals surface area (Å²) in [6.45, 7) is 4.19. The molecule has 1 aromatic heterocycles. The molecule has 0 aliphatic heterocycles. The molecular formula is C11H18N4O2. The topological polar surface area (TPSA) is 76.1 Å². The number of methoxy groups -OCH3 is 1. The summed E-state index contributed by atoms with van der Waals surface area (Å²) in [5.74, 6) is 0.361. The number of anilines is 1. The molecule has 1 aromatic rings. The Morgan fingerprint density at radius 2 is 2.12 bits per heavy atom. The first kappa shape index (κ1) is 13.4. The van der Waals surface area contributed by atoms with Crippen LogP contribution in [-0.2, 0) is 4.74 Å². The number of amides is 1. The van der Waals surface area contributed by atoms with Crippen LogP contribution >= 0.6 is 0 Å². The first-order chi connectivity index (χ1) is 7.98. The quantitative estimate of drug-likeness (QED) is 0.788. The molecule has 6 nitrogen and oxygen atoms in total. The Morgan fingerprint density at radius 3 is 2.59 bits per heavy atom. The van der Waals surface area contributed by atoms with E-state index in [1.807, 2.05) is 13.8 Å². The van der Waals surface area contributed by atoms with Crippen molar-refractivity contribution in [2.75, 3.05) is 26.1 Å². The van der Waals surface area contributed by atoms with E-state index >= 15 is 0 Å². The SMILES string of the molecule is CNc1ccc(C(=O)NC(C)(C)COC)nn1. The molecule has 0 spiro atoms. The minimum absolute atomic E-state index is 0.262. The lowest BCUT2D eigenvalue weighted by Gasteiger charge is -2.24. The van der Waals surface area contributed by atoms with Crippen molar-refractivity contribution in [2.24, 2.45) is 0 Å². The second-order valence-electron chi connectivity index (χ2n) is 4.32. The van der Waals surface area contributed by atoms with Gasteiger partial charge < -0.3 is 15.4 Å². The smallest absolute Gasteiger partial charge is 0.272 e. The molecule has 94 valence electrons. The molecule has 0 aliphatic carbocycles. The molecule has 1 heterocycles. The van der Waals surface area contributed by atoms with Gasteiger partial charge in [0.25, 0.3) is 5.91 Å². The van der Waals surface area contributed by atoms with Crippen LogP contribution in [-0.4, -0.2) is 42.4 Å². The van der Waals surface area contributed by atoms with Crippen LogP contribution in [0.4, 0.5) is 5.82 Å². The van der Waals surface area contributed by atoms with E-state index in [1.165, 1.54) is 0 Å². The number of aromatic nitrogens is 2. The summed E-state index contributed by atoms with van der Waals surface area (Å²) in [6, 6.07) is 3.32. The normalized spacial score (nSPS) is 11.1. The molecule has 0 saturated heterocycles. The van der Waals surface area contributed by atoms with Gasteiger partial charge in [0.05, 0.1) is 12.1 Å². The highest BCUT2D eigenvalue weighted by Gasteiger charge is 2.21. The fourth-order valence-electron chi connectivity index (χ4n) is 1.36. The van der Waals surface area contributed by atoms with Crippen LogP contribution in [0.1, 0.15) is 24.3 Å². The van der Waals surface area contributed by atoms with Gasteiger partial charge in [-0.05, 0) is 26.0 Å². The molecule has 0 fully saturated rings. The van der Waals surface area contributed by atoms with E-state index in [1.54, 1.807) is 26.3 Å². The lowest BCUT2D eigenvalue weighted by atomic mass is 10.1. The van der Waals surface area contributed by atoms with Crippen molar-refractivity contribution in [2.45, 2.75) is 19.4 Å². The van der Waals surface area contributed by atoms with E-state index in [9.17, 15) is 4.79 Å². The van der Waals surface area contributed by atoms with Crippen molar-refractivity contribution in [3.63, 3.8) is 0 Å². The maximum Gasteiger partial charge on any atom is 0.272 e. The highest BCUT2D eigenvalue weighted by molar-refractivity contribution is 5.92. The highest BCUT2D eigenvalue weighted by Crippen LogP contribution is 2.05. The van der Waals surface area contributed by atoms with Crippen LogP contribution < -0.4 is 10.6 Å². The molecule has 0 atom stereocenters. The van der Waals surface area contributed by atoms with Gasteiger partial charge in [-0.15, -0.1) is 10.2 Å². The Morgan fingerprint density at radius 1 is 1.41 bits per heavy atom. The number of hydrogen-bond donors (Lipinski definition) is 2. The van der Waals surface area contributed by atoms with Gasteiger partial charge in [0, 0.05) is 14.2 Å². The van der Waals surface area contributed by atoms with Crippen molar-refractivity contribution in [1.29, 1.82) is 0 Å². The van der Waals surface area contributed by atoms with Gasteiger partial charge in [0.1, 0.15) is 5.82 Å². The molecule has 17 heavy (non-hydrogen) atoms. The van der Waals surface area contributed by atoms with Crippen molar-refractivity contribution < 1.29 is 9.53 Å². The maximum atomic E-state index is 11.8. The van der Waals surface area contributed by atoms with E-state index < -0.39 is 5.54 Å². The van der Waals surface area contributed by atoms with Gasteiger partial charge in [0.2, 0.25) is 0 Å². The van der Waals surface area contributed by atoms with E-state index in [4.69, 9.17) is 4.74 Å². The number of carbonyl (C=O) groups is 1. The Labute approximate surface area is 101 Å². The fourth-order valence-corrected chi connectivity index (χ4v) is 1.36. The summed E-state index contributed by atoms with van der Waals surface area (Å²) in [6.07, 6.45) is 0. The zero-order valence-corrected chi connectivity index (χ0v) is 10.6. The molecule has 0 radical (unpaired) electrons. The monoisotopic (exact) mass is 238 g/mol. The standard InChI is InChI=1S/C11H18N4O2/c1-11(2,7-17-4)13-10(16)8-5-6-9(12-3)15-14-8/h5-6H,7H2,1-4H3,(H,12,15)(H,13,16). The lowest BCUT2D eigenvalue weighted by molar-refractivity contribution is 0.0814. The van der Waals surface area contributed by atoms with Crippen molar-refractivity contribution in [3.8, 4) is 0 Å². The highest BCUT2D eigenvalue weighted by atomic mass is 16.5. The minimum atomic E-state index is -0.435. The molecule has 2 N–H and O–H groups in total. The third-order valence-corrected chi connectivity index (χ3v) is 2.11. The summed E-state index contributed by atoms with van der Waals surface area (Å²) in [5, 5.41) is 13.3. The number of nitrogens with one attached hydrogen (secondary N) is 2. The lowest BCUT2D eigenvalue weighted by Crippen LogP contribution is -2.47. The minimum Gasteiger partial charge on any atom is -0.382 e. The zero-order chi connectivity index (χ0) is 12.9. The van der Waals surface area contributed by atoms with Gasteiger partial charge in [-0.25, -0.2) is 0 Å². The molecule has 6 heteroatoms. The summed E-state index contributed by atoms with van der Waals surface area (Å²) in [5.41, 5.74) is -0.150. The Balaban J connectivity index is 2.69. The fraction of sp³-hybridized carbons (Fsp3) is 0.545. The molecule has 0 aromatic carbocycles. The largest absolute Gasteiger partial charge is 0.382 e. The van der Waals surface area contributed by atoms with E-state index in [0.717, 1.165) is 0 Å². The second-order valence-corrected chi connectivity index (χ2v) is 4.32. The Kier molecular flexibility index (Phi) is 4.39. The predicted octanol–water partition coefficient (Wildman–Crippen LogP) is 0.673. The Bertz CT molecular complexity index is 376. The third kappa shape index (κ3) is 3.99. The van der Waals surface area contributed by atoms with Gasteiger partial charge in [0.15, 0.2) is 5.69 Å². The summed E-state index contributed by atoms with van der Waals surface area (Å²) >= 11 is 0. The van der Waals surface area contributed by atoms with Crippen molar-refractivity contribution in [1.82, 2.24) is 15.5 Å². The number of ether oxygens (including phenoxy) is 1. The van der Waals surface area contributed by atoms with E-state index in [2.05, 4.69) is 20.8 Å². The van der Waals surface area contributed by atoms with Gasteiger partial charge in [-0.1, -0.05) is 0 Å². The van der Waals surface area contributed by atoms with Crippen LogP contribution in [0.15, 0.2) is 12.1 Å². The average molecular weight is 238 g/mol. The van der Waals surface area contributed by atoms with E-state index in [0.29, 0.717) is 12.4 Å². The number of rotatable bonds is 5. The van der Waals surface area contributed by atoms with Crippen molar-refractivity contribution >= 4 is 11.7 Å². The van der Waals surface area contributed by atoms with Crippen molar-refractivity contribution in [3.05, 3.63) is 17.8 Å². The van der Waals surface area contributed by atoms with Crippen LogP contribution in [0.2, 0.25) is 0 Å². The molecular weight excluding hydrogens is 220 g/mol. The summed E-state index contributed by atoms with van der Waals surface area (Å²) in [7, 11) is 3.33. The maximum absolute atomic E-state index is 11.8. The van der Waals surface area contributed by atoms with E-state index in [-0.39, 0.29) is 11.6 Å². The first-order valence-electron chi connectivity index (χ1n) is 5.31. The Hall–Kier alpha value is -1.69.